The molecule has 1 aromatic heterocycles. The topological polar surface area (TPSA) is 104 Å². The molecule has 2 rings (SSSR count). The van der Waals surface area contributed by atoms with E-state index < -0.39 is 32.4 Å². The van der Waals surface area contributed by atoms with E-state index in [1.807, 2.05) is 0 Å². The van der Waals surface area contributed by atoms with Crippen LogP contribution in [0.15, 0.2) is 29.4 Å². The van der Waals surface area contributed by atoms with E-state index in [0.29, 0.717) is 6.41 Å². The molecule has 106 valence electrons. The summed E-state index contributed by atoms with van der Waals surface area (Å²) in [4.78, 5) is 16.1. The molecule has 1 aromatic carbocycles. The second-order valence-electron chi connectivity index (χ2n) is 3.55. The zero-order valence-corrected chi connectivity index (χ0v) is 10.5. The smallest absolute Gasteiger partial charge is 0.281 e. The lowest BCUT2D eigenvalue weighted by atomic mass is 10.3. The molecule has 20 heavy (non-hydrogen) atoms. The molecule has 0 aliphatic carbocycles. The Labute approximate surface area is 112 Å². The number of nitrogens with one attached hydrogen (secondary N) is 3. The van der Waals surface area contributed by atoms with Crippen LogP contribution in [0.1, 0.15) is 0 Å². The number of carbonyl (C=O) groups excluding carboxylic acids is 1. The van der Waals surface area contributed by atoms with Gasteiger partial charge in [0.1, 0.15) is 17.3 Å². The number of carbonyl (C=O) groups is 1. The molecule has 0 saturated heterocycles. The monoisotopic (exact) mass is 302 g/mol. The predicted molar refractivity (Wildman–Crippen MR) is 65.4 cm³/mol. The molecule has 0 fully saturated rings. The summed E-state index contributed by atoms with van der Waals surface area (Å²) in [6, 6.07) is 2.92. The normalized spacial score (nSPS) is 11.1. The maximum Gasteiger partial charge on any atom is 0.281 e. The highest BCUT2D eigenvalue weighted by molar-refractivity contribution is 7.92. The van der Waals surface area contributed by atoms with Crippen LogP contribution in [-0.4, -0.2) is 24.8 Å². The maximum atomic E-state index is 13.4. The van der Waals surface area contributed by atoms with E-state index in [-0.39, 0.29) is 5.95 Å². The van der Waals surface area contributed by atoms with Gasteiger partial charge in [-0.25, -0.2) is 8.78 Å². The van der Waals surface area contributed by atoms with Gasteiger partial charge in [0.2, 0.25) is 12.4 Å². The molecule has 0 atom stereocenters. The van der Waals surface area contributed by atoms with Gasteiger partial charge in [0, 0.05) is 6.20 Å². The summed E-state index contributed by atoms with van der Waals surface area (Å²) in [5.74, 6) is -2.24. The summed E-state index contributed by atoms with van der Waals surface area (Å²) >= 11 is 0. The van der Waals surface area contributed by atoms with Gasteiger partial charge < -0.3 is 4.98 Å². The van der Waals surface area contributed by atoms with Crippen LogP contribution >= 0.6 is 0 Å². The van der Waals surface area contributed by atoms with Crippen LogP contribution < -0.4 is 10.0 Å². The minimum absolute atomic E-state index is 0.116. The van der Waals surface area contributed by atoms with Crippen LogP contribution in [0.4, 0.5) is 20.4 Å². The zero-order valence-electron chi connectivity index (χ0n) is 9.72. The third-order valence-corrected chi connectivity index (χ3v) is 3.46. The van der Waals surface area contributed by atoms with Crippen molar-refractivity contribution in [2.24, 2.45) is 0 Å². The molecular weight excluding hydrogens is 294 g/mol. The van der Waals surface area contributed by atoms with Gasteiger partial charge in [-0.2, -0.15) is 13.4 Å². The first-order valence-corrected chi connectivity index (χ1v) is 6.65. The van der Waals surface area contributed by atoms with E-state index in [9.17, 15) is 22.0 Å². The van der Waals surface area contributed by atoms with Crippen LogP contribution in [0, 0.1) is 11.6 Å². The minimum atomic E-state index is -4.28. The maximum absolute atomic E-state index is 13.4. The number of imidazole rings is 1. The molecule has 2 aromatic rings. The van der Waals surface area contributed by atoms with Crippen molar-refractivity contribution in [2.75, 3.05) is 10.0 Å². The van der Waals surface area contributed by atoms with Gasteiger partial charge in [-0.1, -0.05) is 6.07 Å². The molecule has 3 N–H and O–H groups in total. The van der Waals surface area contributed by atoms with E-state index in [1.54, 1.807) is 4.72 Å². The number of aromatic amines is 1. The molecule has 0 unspecified atom stereocenters. The van der Waals surface area contributed by atoms with Crippen LogP contribution in [0.25, 0.3) is 0 Å². The first kappa shape index (κ1) is 13.9. The molecule has 1 amide bonds. The zero-order chi connectivity index (χ0) is 14.8. The van der Waals surface area contributed by atoms with Crippen molar-refractivity contribution in [2.45, 2.75) is 5.03 Å². The van der Waals surface area contributed by atoms with Crippen molar-refractivity contribution < 1.29 is 22.0 Å². The highest BCUT2D eigenvalue weighted by atomic mass is 32.2. The molecule has 10 heteroatoms. The van der Waals surface area contributed by atoms with Gasteiger partial charge in [0.15, 0.2) is 5.03 Å². The van der Waals surface area contributed by atoms with E-state index >= 15 is 0 Å². The Morgan fingerprint density at radius 3 is 2.50 bits per heavy atom. The average Bonchev–Trinajstić information content (AvgIpc) is 2.84. The van der Waals surface area contributed by atoms with Gasteiger partial charge >= 0.3 is 0 Å². The number of rotatable bonds is 5. The van der Waals surface area contributed by atoms with Crippen LogP contribution in [0.2, 0.25) is 0 Å². The van der Waals surface area contributed by atoms with Crippen LogP contribution in [0.3, 0.4) is 0 Å². The number of H-pyrrole nitrogens is 1. The number of hydrogen-bond acceptors (Lipinski definition) is 4. The number of sulfonamides is 1. The quantitative estimate of drug-likeness (QED) is 0.718. The van der Waals surface area contributed by atoms with Crippen LogP contribution in [-0.2, 0) is 14.8 Å². The number of hydrogen-bond donors (Lipinski definition) is 3. The Hall–Kier alpha value is -2.49. The van der Waals surface area contributed by atoms with Crippen molar-refractivity contribution in [3.8, 4) is 0 Å². The molecule has 0 bridgehead atoms. The van der Waals surface area contributed by atoms with E-state index in [1.165, 1.54) is 0 Å². The Morgan fingerprint density at radius 1 is 1.25 bits per heavy atom. The number of halogens is 2. The standard InChI is InChI=1S/C10H8F2N4O3S/c11-6-2-1-3-7(12)9(6)16-20(18,19)8-4-13-10(15-8)14-5-17/h1-5,16H,(H2,13,14,15,17). The van der Waals surface area contributed by atoms with Crippen LogP contribution in [0.5, 0.6) is 0 Å². The molecular formula is C10H8F2N4O3S. The number of aromatic nitrogens is 2. The Morgan fingerprint density at radius 2 is 1.90 bits per heavy atom. The van der Waals surface area contributed by atoms with Gasteiger partial charge in [0.25, 0.3) is 10.0 Å². The van der Waals surface area contributed by atoms with Gasteiger partial charge in [0.05, 0.1) is 0 Å². The van der Waals surface area contributed by atoms with Gasteiger partial charge in [-0.05, 0) is 12.1 Å². The van der Waals surface area contributed by atoms with Crippen molar-refractivity contribution in [3.63, 3.8) is 0 Å². The molecule has 1 heterocycles. The summed E-state index contributed by atoms with van der Waals surface area (Å²) in [5, 5.41) is 1.58. The van der Waals surface area contributed by atoms with E-state index in [4.69, 9.17) is 0 Å². The predicted octanol–water partition coefficient (Wildman–Crippen LogP) is 1.06. The number of para-hydroxylation sites is 1. The van der Waals surface area contributed by atoms with Crippen molar-refractivity contribution in [1.29, 1.82) is 0 Å². The average molecular weight is 302 g/mol. The lowest BCUT2D eigenvalue weighted by Gasteiger charge is -2.07. The molecule has 0 saturated carbocycles. The van der Waals surface area contributed by atoms with Crippen molar-refractivity contribution >= 4 is 28.1 Å². The fourth-order valence-corrected chi connectivity index (χ4v) is 2.35. The first-order chi connectivity index (χ1) is 9.44. The summed E-state index contributed by atoms with van der Waals surface area (Å²) in [6.45, 7) is 0. The van der Waals surface area contributed by atoms with Crippen molar-refractivity contribution in [3.05, 3.63) is 36.0 Å². The number of nitrogens with zero attached hydrogens (tertiary/aromatic N) is 1. The third-order valence-electron chi connectivity index (χ3n) is 2.22. The largest absolute Gasteiger partial charge is 0.329 e. The first-order valence-electron chi connectivity index (χ1n) is 5.16. The van der Waals surface area contributed by atoms with Crippen molar-refractivity contribution in [1.82, 2.24) is 9.97 Å². The lowest BCUT2D eigenvalue weighted by molar-refractivity contribution is -0.105. The second-order valence-corrected chi connectivity index (χ2v) is 5.18. The fourth-order valence-electron chi connectivity index (χ4n) is 1.35. The number of amides is 1. The Kier molecular flexibility index (Phi) is 3.66. The van der Waals surface area contributed by atoms with E-state index in [0.717, 1.165) is 24.4 Å². The summed E-state index contributed by atoms with van der Waals surface area (Å²) in [7, 11) is -4.28. The fraction of sp³-hybridized carbons (Fsp3) is 0. The highest BCUT2D eigenvalue weighted by Gasteiger charge is 2.21. The Bertz CT molecular complexity index is 724. The summed E-state index contributed by atoms with van der Waals surface area (Å²) in [5.41, 5.74) is -0.805. The highest BCUT2D eigenvalue weighted by Crippen LogP contribution is 2.21. The summed E-state index contributed by atoms with van der Waals surface area (Å²) < 4.78 is 52.2. The van der Waals surface area contributed by atoms with Gasteiger partial charge in [-0.15, -0.1) is 0 Å². The molecule has 7 nitrogen and oxygen atoms in total. The molecule has 0 aliphatic heterocycles. The minimum Gasteiger partial charge on any atom is -0.329 e. The Balaban J connectivity index is 2.33. The lowest BCUT2D eigenvalue weighted by Crippen LogP contribution is -2.15. The second kappa shape index (κ2) is 5.25. The SMILES string of the molecule is O=CNc1nc(S(=O)(=O)Nc2c(F)cccc2F)c[nH]1. The molecule has 0 spiro atoms. The number of anilines is 2. The molecule has 0 radical (unpaired) electrons. The third kappa shape index (κ3) is 2.74. The van der Waals surface area contributed by atoms with Gasteiger partial charge in [-0.3, -0.25) is 14.8 Å². The number of benzene rings is 1. The molecule has 0 aliphatic rings. The van der Waals surface area contributed by atoms with E-state index in [2.05, 4.69) is 15.3 Å². The summed E-state index contributed by atoms with van der Waals surface area (Å²) in [6.07, 6.45) is 1.26.